The minimum absolute atomic E-state index is 0.719. The van der Waals surface area contributed by atoms with E-state index in [1.807, 2.05) is 0 Å². The number of hydrogen-bond acceptors (Lipinski definition) is 0. The minimum atomic E-state index is 0.719. The van der Waals surface area contributed by atoms with Crippen LogP contribution >= 0.6 is 0 Å². The zero-order chi connectivity index (χ0) is 17.2. The Morgan fingerprint density at radius 3 is 1.79 bits per heavy atom. The average Bonchev–Trinajstić information content (AvgIpc) is 2.56. The molecule has 1 atom stereocenters. The zero-order valence-electron chi connectivity index (χ0n) is 15.5. The van der Waals surface area contributed by atoms with Crippen molar-refractivity contribution in [1.29, 1.82) is 0 Å². The Bertz CT molecular complexity index is 549. The fraction of sp³-hybridized carbons (Fsp3) is 0.417. The van der Waals surface area contributed by atoms with Crippen LogP contribution in [-0.2, 0) is 12.8 Å². The SMILES string of the molecule is CC(C)=CCCC(C)CC(Cc1ccccc1)Cc1ccccc1. The highest BCUT2D eigenvalue weighted by molar-refractivity contribution is 5.18. The van der Waals surface area contributed by atoms with Crippen molar-refractivity contribution in [2.75, 3.05) is 0 Å². The normalized spacial score (nSPS) is 12.2. The molecule has 0 radical (unpaired) electrons. The molecule has 0 bridgehead atoms. The Morgan fingerprint density at radius 1 is 0.833 bits per heavy atom. The second-order valence-corrected chi connectivity index (χ2v) is 7.45. The molecule has 1 unspecified atom stereocenters. The molecule has 2 aromatic rings. The molecular formula is C24H32. The molecule has 24 heavy (non-hydrogen) atoms. The van der Waals surface area contributed by atoms with E-state index >= 15 is 0 Å². The predicted octanol–water partition coefficient (Wildman–Crippen LogP) is 6.86. The van der Waals surface area contributed by atoms with Crippen LogP contribution in [0.2, 0.25) is 0 Å². The van der Waals surface area contributed by atoms with Crippen LogP contribution in [0.1, 0.15) is 51.2 Å². The molecule has 0 spiro atoms. The van der Waals surface area contributed by atoms with Crippen molar-refractivity contribution in [1.82, 2.24) is 0 Å². The second kappa shape index (κ2) is 10.1. The third-order valence-corrected chi connectivity index (χ3v) is 4.68. The van der Waals surface area contributed by atoms with Crippen LogP contribution in [0, 0.1) is 11.8 Å². The van der Waals surface area contributed by atoms with Crippen molar-refractivity contribution in [2.24, 2.45) is 11.8 Å². The van der Waals surface area contributed by atoms with Crippen molar-refractivity contribution in [3.8, 4) is 0 Å². The smallest absolute Gasteiger partial charge is 0.0247 e. The van der Waals surface area contributed by atoms with Crippen LogP contribution in [0.3, 0.4) is 0 Å². The molecule has 0 heterocycles. The highest BCUT2D eigenvalue weighted by Gasteiger charge is 2.14. The molecule has 2 rings (SSSR count). The lowest BCUT2D eigenvalue weighted by Crippen LogP contribution is -2.13. The first kappa shape index (κ1) is 18.5. The predicted molar refractivity (Wildman–Crippen MR) is 106 cm³/mol. The standard InChI is InChI=1S/C24H32/c1-20(2)11-10-12-21(3)17-24(18-22-13-6-4-7-14-22)19-23-15-8-5-9-16-23/h4-9,11,13-16,21,24H,10,12,17-19H2,1-3H3. The minimum Gasteiger partial charge on any atom is -0.0859 e. The van der Waals surface area contributed by atoms with E-state index in [1.165, 1.54) is 48.8 Å². The molecular weight excluding hydrogens is 288 g/mol. The van der Waals surface area contributed by atoms with E-state index in [9.17, 15) is 0 Å². The van der Waals surface area contributed by atoms with Crippen molar-refractivity contribution in [2.45, 2.75) is 52.9 Å². The van der Waals surface area contributed by atoms with Gasteiger partial charge in [-0.15, -0.1) is 0 Å². The summed E-state index contributed by atoms with van der Waals surface area (Å²) in [6, 6.07) is 21.9. The fourth-order valence-electron chi connectivity index (χ4n) is 3.48. The van der Waals surface area contributed by atoms with Crippen molar-refractivity contribution in [3.63, 3.8) is 0 Å². The van der Waals surface area contributed by atoms with E-state index < -0.39 is 0 Å². The van der Waals surface area contributed by atoms with Gasteiger partial charge in [-0.05, 0) is 68.9 Å². The summed E-state index contributed by atoms with van der Waals surface area (Å²) < 4.78 is 0. The first-order valence-electron chi connectivity index (χ1n) is 9.34. The molecule has 0 fully saturated rings. The summed E-state index contributed by atoms with van der Waals surface area (Å²) >= 11 is 0. The van der Waals surface area contributed by atoms with Crippen LogP contribution in [-0.4, -0.2) is 0 Å². The van der Waals surface area contributed by atoms with Crippen molar-refractivity contribution in [3.05, 3.63) is 83.4 Å². The maximum atomic E-state index is 2.42. The Balaban J connectivity index is 1.97. The summed E-state index contributed by atoms with van der Waals surface area (Å²) in [5.74, 6) is 1.49. The van der Waals surface area contributed by atoms with Crippen LogP contribution in [0.25, 0.3) is 0 Å². The summed E-state index contributed by atoms with van der Waals surface area (Å²) in [7, 11) is 0. The van der Waals surface area contributed by atoms with Gasteiger partial charge in [0.25, 0.3) is 0 Å². The number of allylic oxidation sites excluding steroid dienone is 2. The van der Waals surface area contributed by atoms with Gasteiger partial charge in [-0.25, -0.2) is 0 Å². The number of benzene rings is 2. The molecule has 0 nitrogen and oxygen atoms in total. The van der Waals surface area contributed by atoms with Gasteiger partial charge in [0.15, 0.2) is 0 Å². The molecule has 0 aliphatic heterocycles. The van der Waals surface area contributed by atoms with Gasteiger partial charge < -0.3 is 0 Å². The van der Waals surface area contributed by atoms with Gasteiger partial charge in [0.05, 0.1) is 0 Å². The van der Waals surface area contributed by atoms with E-state index in [0.717, 1.165) is 11.8 Å². The number of hydrogen-bond donors (Lipinski definition) is 0. The summed E-state index contributed by atoms with van der Waals surface area (Å²) in [6.07, 6.45) is 8.56. The molecule has 0 saturated carbocycles. The van der Waals surface area contributed by atoms with E-state index in [0.29, 0.717) is 0 Å². The van der Waals surface area contributed by atoms with E-state index in [-0.39, 0.29) is 0 Å². The molecule has 0 aliphatic rings. The largest absolute Gasteiger partial charge is 0.0859 e. The first-order chi connectivity index (χ1) is 11.6. The Kier molecular flexibility index (Phi) is 7.82. The summed E-state index contributed by atoms with van der Waals surface area (Å²) in [5.41, 5.74) is 4.37. The van der Waals surface area contributed by atoms with Gasteiger partial charge in [-0.1, -0.05) is 79.2 Å². The highest BCUT2D eigenvalue weighted by atomic mass is 14.2. The molecule has 128 valence electrons. The number of rotatable bonds is 9. The monoisotopic (exact) mass is 320 g/mol. The molecule has 0 heteroatoms. The average molecular weight is 321 g/mol. The Labute approximate surface area is 148 Å². The van der Waals surface area contributed by atoms with Crippen LogP contribution < -0.4 is 0 Å². The molecule has 0 aromatic heterocycles. The lowest BCUT2D eigenvalue weighted by Gasteiger charge is -2.21. The van der Waals surface area contributed by atoms with Crippen LogP contribution in [0.15, 0.2) is 72.3 Å². The summed E-state index contributed by atoms with van der Waals surface area (Å²) in [6.45, 7) is 6.80. The van der Waals surface area contributed by atoms with E-state index in [2.05, 4.69) is 87.5 Å². The summed E-state index contributed by atoms with van der Waals surface area (Å²) in [5, 5.41) is 0. The molecule has 0 aliphatic carbocycles. The van der Waals surface area contributed by atoms with Gasteiger partial charge in [-0.3, -0.25) is 0 Å². The van der Waals surface area contributed by atoms with Crippen LogP contribution in [0.5, 0.6) is 0 Å². The molecule has 0 amide bonds. The summed E-state index contributed by atoms with van der Waals surface area (Å²) in [4.78, 5) is 0. The quantitative estimate of drug-likeness (QED) is 0.443. The van der Waals surface area contributed by atoms with E-state index in [1.54, 1.807) is 0 Å². The van der Waals surface area contributed by atoms with Crippen LogP contribution in [0.4, 0.5) is 0 Å². The van der Waals surface area contributed by atoms with Gasteiger partial charge in [0, 0.05) is 0 Å². The maximum Gasteiger partial charge on any atom is -0.0247 e. The highest BCUT2D eigenvalue weighted by Crippen LogP contribution is 2.24. The molecule has 0 saturated heterocycles. The Morgan fingerprint density at radius 2 is 1.33 bits per heavy atom. The zero-order valence-corrected chi connectivity index (χ0v) is 15.5. The Hall–Kier alpha value is -1.82. The van der Waals surface area contributed by atoms with Crippen molar-refractivity contribution >= 4 is 0 Å². The maximum absolute atomic E-state index is 2.42. The molecule has 0 N–H and O–H groups in total. The third-order valence-electron chi connectivity index (χ3n) is 4.68. The molecule has 2 aromatic carbocycles. The van der Waals surface area contributed by atoms with E-state index in [4.69, 9.17) is 0 Å². The van der Waals surface area contributed by atoms with Gasteiger partial charge in [-0.2, -0.15) is 0 Å². The first-order valence-corrected chi connectivity index (χ1v) is 9.34. The topological polar surface area (TPSA) is 0 Å². The third kappa shape index (κ3) is 7.17. The lowest BCUT2D eigenvalue weighted by molar-refractivity contribution is 0.370. The van der Waals surface area contributed by atoms with Gasteiger partial charge >= 0.3 is 0 Å². The lowest BCUT2D eigenvalue weighted by atomic mass is 9.84. The fourth-order valence-corrected chi connectivity index (χ4v) is 3.48. The second-order valence-electron chi connectivity index (χ2n) is 7.45. The van der Waals surface area contributed by atoms with Gasteiger partial charge in [0.1, 0.15) is 0 Å². The van der Waals surface area contributed by atoms with Gasteiger partial charge in [0.2, 0.25) is 0 Å². The van der Waals surface area contributed by atoms with Crippen molar-refractivity contribution < 1.29 is 0 Å².